The number of piperidine rings is 1. The highest BCUT2D eigenvalue weighted by atomic mass is 19.1. The summed E-state index contributed by atoms with van der Waals surface area (Å²) in [6.07, 6.45) is 3.84. The van der Waals surface area contributed by atoms with E-state index in [9.17, 15) is 14.0 Å². The van der Waals surface area contributed by atoms with Crippen LogP contribution in [0.15, 0.2) is 79.0 Å². The van der Waals surface area contributed by atoms with Gasteiger partial charge in [-0.15, -0.1) is 0 Å². The minimum absolute atomic E-state index is 0.0866. The zero-order valence-electron chi connectivity index (χ0n) is 19.2. The number of anilines is 1. The molecule has 2 N–H and O–H groups in total. The van der Waals surface area contributed by atoms with Crippen LogP contribution in [0.5, 0.6) is 5.75 Å². The Balaban J connectivity index is 1.21. The maximum absolute atomic E-state index is 13.8. The van der Waals surface area contributed by atoms with Crippen LogP contribution in [0, 0.1) is 5.82 Å². The highest BCUT2D eigenvalue weighted by molar-refractivity contribution is 5.97. The molecule has 0 radical (unpaired) electrons. The molecule has 1 aliphatic heterocycles. The Kier molecular flexibility index (Phi) is 6.48. The number of nitrogens with one attached hydrogen (secondary N) is 2. The molecule has 35 heavy (non-hydrogen) atoms. The molecule has 4 aromatic rings. The number of hydrogen-bond acceptors (Lipinski definition) is 3. The number of fused-ring (bicyclic) bond motifs is 1. The Bertz CT molecular complexity index is 1360. The number of carbonyl (C=O) groups is 2. The number of likely N-dealkylation sites (tertiary alicyclic amines) is 1. The van der Waals surface area contributed by atoms with Gasteiger partial charge in [0, 0.05) is 30.2 Å². The van der Waals surface area contributed by atoms with Crippen molar-refractivity contribution >= 4 is 28.4 Å². The number of H-pyrrole nitrogens is 1. The molecule has 1 aromatic heterocycles. The van der Waals surface area contributed by atoms with Crippen molar-refractivity contribution in [1.82, 2.24) is 9.88 Å². The minimum atomic E-state index is -0.521. The fraction of sp³-hybridized carbons (Fsp3) is 0.214. The van der Waals surface area contributed by atoms with Crippen LogP contribution in [0.1, 0.15) is 34.7 Å². The highest BCUT2D eigenvalue weighted by Gasteiger charge is 2.27. The SMILES string of the molecule is O=C(COc1ccccc1C(=O)N1CCC(c2c[nH]c3ccccc23)CC1)Nc1ccccc1F. The number of hydrogen-bond donors (Lipinski definition) is 2. The number of benzene rings is 3. The van der Waals surface area contributed by atoms with Crippen LogP contribution >= 0.6 is 0 Å². The van der Waals surface area contributed by atoms with Crippen molar-refractivity contribution in [2.75, 3.05) is 25.0 Å². The molecule has 2 amide bonds. The van der Waals surface area contributed by atoms with Crippen LogP contribution in [0.25, 0.3) is 10.9 Å². The fourth-order valence-electron chi connectivity index (χ4n) is 4.66. The predicted octanol–water partition coefficient (Wildman–Crippen LogP) is 5.34. The van der Waals surface area contributed by atoms with Gasteiger partial charge in [-0.05, 0) is 54.7 Å². The summed E-state index contributed by atoms with van der Waals surface area (Å²) in [4.78, 5) is 30.7. The van der Waals surface area contributed by atoms with Crippen LogP contribution < -0.4 is 10.1 Å². The molecule has 5 rings (SSSR count). The van der Waals surface area contributed by atoms with Crippen molar-refractivity contribution in [1.29, 1.82) is 0 Å². The normalized spacial score (nSPS) is 14.1. The molecule has 6 nitrogen and oxygen atoms in total. The van der Waals surface area contributed by atoms with E-state index in [4.69, 9.17) is 4.74 Å². The summed E-state index contributed by atoms with van der Waals surface area (Å²) in [5.41, 5.74) is 2.93. The summed E-state index contributed by atoms with van der Waals surface area (Å²) in [5, 5.41) is 3.73. The maximum Gasteiger partial charge on any atom is 0.262 e. The van der Waals surface area contributed by atoms with Crippen molar-refractivity contribution in [3.05, 3.63) is 95.9 Å². The molecule has 1 fully saturated rings. The highest BCUT2D eigenvalue weighted by Crippen LogP contribution is 2.34. The lowest BCUT2D eigenvalue weighted by Gasteiger charge is -2.32. The van der Waals surface area contributed by atoms with Crippen LogP contribution in [0.4, 0.5) is 10.1 Å². The van der Waals surface area contributed by atoms with Crippen LogP contribution in [0.2, 0.25) is 0 Å². The molecule has 0 spiro atoms. The summed E-state index contributed by atoms with van der Waals surface area (Å²) in [5.74, 6) is -0.416. The van der Waals surface area contributed by atoms with Gasteiger partial charge in [0.2, 0.25) is 0 Å². The number of para-hydroxylation sites is 3. The average Bonchev–Trinajstić information content (AvgIpc) is 3.33. The van der Waals surface area contributed by atoms with E-state index in [1.54, 1.807) is 36.4 Å². The first-order valence-corrected chi connectivity index (χ1v) is 11.7. The first-order chi connectivity index (χ1) is 17.1. The smallest absolute Gasteiger partial charge is 0.262 e. The van der Waals surface area contributed by atoms with E-state index in [1.165, 1.54) is 23.1 Å². The lowest BCUT2D eigenvalue weighted by atomic mass is 9.89. The topological polar surface area (TPSA) is 74.4 Å². The van der Waals surface area contributed by atoms with Crippen molar-refractivity contribution in [2.24, 2.45) is 0 Å². The van der Waals surface area contributed by atoms with Crippen molar-refractivity contribution in [2.45, 2.75) is 18.8 Å². The minimum Gasteiger partial charge on any atom is -0.483 e. The third-order valence-electron chi connectivity index (χ3n) is 6.47. The molecule has 1 saturated heterocycles. The van der Waals surface area contributed by atoms with Crippen LogP contribution in [-0.4, -0.2) is 41.4 Å². The number of rotatable bonds is 6. The largest absolute Gasteiger partial charge is 0.483 e. The molecule has 7 heteroatoms. The van der Waals surface area contributed by atoms with E-state index in [1.807, 2.05) is 17.0 Å². The number of halogens is 1. The summed E-state index contributed by atoms with van der Waals surface area (Å²) in [6.45, 7) is 0.956. The Hall–Kier alpha value is -4.13. The number of aromatic nitrogens is 1. The molecule has 0 bridgehead atoms. The monoisotopic (exact) mass is 471 g/mol. The van der Waals surface area contributed by atoms with E-state index in [0.29, 0.717) is 30.3 Å². The van der Waals surface area contributed by atoms with Gasteiger partial charge in [-0.3, -0.25) is 9.59 Å². The summed E-state index contributed by atoms with van der Waals surface area (Å²) < 4.78 is 19.4. The second-order valence-electron chi connectivity index (χ2n) is 8.67. The molecule has 178 valence electrons. The predicted molar refractivity (Wildman–Crippen MR) is 133 cm³/mol. The third kappa shape index (κ3) is 4.89. The van der Waals surface area contributed by atoms with Crippen LogP contribution in [0.3, 0.4) is 0 Å². The van der Waals surface area contributed by atoms with Crippen LogP contribution in [-0.2, 0) is 4.79 Å². The first-order valence-electron chi connectivity index (χ1n) is 11.7. The Morgan fingerprint density at radius 3 is 2.51 bits per heavy atom. The Morgan fingerprint density at radius 1 is 0.971 bits per heavy atom. The Morgan fingerprint density at radius 2 is 1.69 bits per heavy atom. The fourth-order valence-corrected chi connectivity index (χ4v) is 4.66. The molecule has 0 atom stereocenters. The zero-order valence-corrected chi connectivity index (χ0v) is 19.2. The molecule has 0 saturated carbocycles. The number of aromatic amines is 1. The van der Waals surface area contributed by atoms with E-state index < -0.39 is 11.7 Å². The second-order valence-corrected chi connectivity index (χ2v) is 8.67. The number of amides is 2. The maximum atomic E-state index is 13.8. The standard InChI is InChI=1S/C28H26FN3O3/c29-23-9-3-5-11-25(23)31-27(33)18-35-26-12-6-2-8-21(26)28(34)32-15-13-19(14-16-32)22-17-30-24-10-4-1-7-20(22)24/h1-12,17,19,30H,13-16,18H2,(H,31,33). The summed E-state index contributed by atoms with van der Waals surface area (Å²) in [7, 11) is 0. The van der Waals surface area contributed by atoms with Gasteiger partial charge in [-0.2, -0.15) is 0 Å². The van der Waals surface area contributed by atoms with Gasteiger partial charge >= 0.3 is 0 Å². The van der Waals surface area contributed by atoms with E-state index >= 15 is 0 Å². The number of nitrogens with zero attached hydrogens (tertiary/aromatic N) is 1. The Labute approximate surface area is 202 Å². The summed E-state index contributed by atoms with van der Waals surface area (Å²) >= 11 is 0. The first kappa shape index (κ1) is 22.7. The van der Waals surface area contributed by atoms with Gasteiger partial charge in [-0.1, -0.05) is 42.5 Å². The molecule has 1 aliphatic rings. The van der Waals surface area contributed by atoms with Crippen molar-refractivity contribution < 1.29 is 18.7 Å². The second kappa shape index (κ2) is 10.0. The zero-order chi connectivity index (χ0) is 24.2. The van der Waals surface area contributed by atoms with E-state index in [2.05, 4.69) is 28.6 Å². The lowest BCUT2D eigenvalue weighted by molar-refractivity contribution is -0.118. The van der Waals surface area contributed by atoms with Crippen molar-refractivity contribution in [3.63, 3.8) is 0 Å². The van der Waals surface area contributed by atoms with Gasteiger partial charge in [0.15, 0.2) is 6.61 Å². The van der Waals surface area contributed by atoms with Gasteiger partial charge in [0.1, 0.15) is 11.6 Å². The quantitative estimate of drug-likeness (QED) is 0.398. The van der Waals surface area contributed by atoms with E-state index in [-0.39, 0.29) is 18.2 Å². The van der Waals surface area contributed by atoms with Crippen molar-refractivity contribution in [3.8, 4) is 5.75 Å². The summed E-state index contributed by atoms with van der Waals surface area (Å²) in [6, 6.07) is 21.1. The molecule has 0 unspecified atom stereocenters. The number of ether oxygens (including phenoxy) is 1. The van der Waals surface area contributed by atoms with E-state index in [0.717, 1.165) is 18.4 Å². The van der Waals surface area contributed by atoms with Gasteiger partial charge in [0.25, 0.3) is 11.8 Å². The molecule has 3 aromatic carbocycles. The third-order valence-corrected chi connectivity index (χ3v) is 6.47. The van der Waals surface area contributed by atoms with Gasteiger partial charge < -0.3 is 19.9 Å². The molecule has 2 heterocycles. The van der Waals surface area contributed by atoms with Gasteiger partial charge in [0.05, 0.1) is 11.3 Å². The molecular weight excluding hydrogens is 445 g/mol. The molecule has 0 aliphatic carbocycles. The van der Waals surface area contributed by atoms with Gasteiger partial charge in [-0.25, -0.2) is 4.39 Å². The lowest BCUT2D eigenvalue weighted by Crippen LogP contribution is -2.38. The number of carbonyl (C=O) groups excluding carboxylic acids is 2. The molecular formula is C28H26FN3O3. The average molecular weight is 472 g/mol.